The van der Waals surface area contributed by atoms with Crippen molar-refractivity contribution in [3.63, 3.8) is 0 Å². The van der Waals surface area contributed by atoms with Crippen molar-refractivity contribution in [2.24, 2.45) is 5.14 Å². The summed E-state index contributed by atoms with van der Waals surface area (Å²) < 4.78 is 22.7. The second-order valence-corrected chi connectivity index (χ2v) is 7.73. The molecule has 0 aliphatic heterocycles. The van der Waals surface area contributed by atoms with Crippen LogP contribution in [0.1, 0.15) is 45.8 Å². The number of hydrogen-bond donors (Lipinski definition) is 2. The molecule has 0 radical (unpaired) electrons. The molecule has 2 aromatic carbocycles. The summed E-state index contributed by atoms with van der Waals surface area (Å²) in [5.74, 6) is 0.113. The number of nitrogens with two attached hydrogens (primary N) is 1. The summed E-state index contributed by atoms with van der Waals surface area (Å²) in [6.07, 6.45) is 2.25. The molecule has 3 N–H and O–H groups in total. The van der Waals surface area contributed by atoms with Crippen LogP contribution in [0.4, 0.5) is 0 Å². The summed E-state index contributed by atoms with van der Waals surface area (Å²) in [7, 11) is -3.61. The predicted molar refractivity (Wildman–Crippen MR) is 92.8 cm³/mol. The maximum atomic E-state index is 12.5. The predicted octanol–water partition coefficient (Wildman–Crippen LogP) is 2.28. The van der Waals surface area contributed by atoms with E-state index in [4.69, 9.17) is 5.14 Å². The van der Waals surface area contributed by atoms with Crippen LogP contribution in [0.5, 0.6) is 0 Å². The zero-order chi connectivity index (χ0) is 17.2. The monoisotopic (exact) mass is 344 g/mol. The van der Waals surface area contributed by atoms with E-state index < -0.39 is 10.0 Å². The molecule has 1 saturated carbocycles. The first-order valence-electron chi connectivity index (χ1n) is 7.88. The molecule has 0 aromatic heterocycles. The Kier molecular flexibility index (Phi) is 4.69. The van der Waals surface area contributed by atoms with E-state index in [9.17, 15) is 13.2 Å². The van der Waals surface area contributed by atoms with Crippen molar-refractivity contribution in [1.29, 1.82) is 0 Å². The summed E-state index contributed by atoms with van der Waals surface area (Å²) in [6.45, 7) is 0.267. The number of sulfonamides is 1. The van der Waals surface area contributed by atoms with Crippen molar-refractivity contribution < 1.29 is 13.2 Å². The Morgan fingerprint density at radius 3 is 2.33 bits per heavy atom. The van der Waals surface area contributed by atoms with E-state index >= 15 is 0 Å². The first kappa shape index (κ1) is 16.7. The van der Waals surface area contributed by atoms with Crippen LogP contribution < -0.4 is 10.5 Å². The fraction of sp³-hybridized carbons (Fsp3) is 0.278. The first-order valence-corrected chi connectivity index (χ1v) is 9.60. The van der Waals surface area contributed by atoms with Gasteiger partial charge in [0.2, 0.25) is 10.0 Å². The normalized spacial score (nSPS) is 14.4. The van der Waals surface area contributed by atoms with Gasteiger partial charge in [-0.2, -0.15) is 0 Å². The third-order valence-corrected chi connectivity index (χ3v) is 4.85. The zero-order valence-corrected chi connectivity index (χ0v) is 14.1. The Morgan fingerprint density at radius 1 is 1.04 bits per heavy atom. The zero-order valence-electron chi connectivity index (χ0n) is 13.2. The molecule has 0 saturated heterocycles. The van der Waals surface area contributed by atoms with Gasteiger partial charge in [0.1, 0.15) is 0 Å². The highest BCUT2D eigenvalue weighted by Crippen LogP contribution is 2.41. The van der Waals surface area contributed by atoms with Gasteiger partial charge in [0.25, 0.3) is 5.91 Å². The minimum atomic E-state index is -3.61. The SMILES string of the molecule is NS(=O)(=O)Cc1ccccc1CNC(=O)c1ccccc1C1CC1. The van der Waals surface area contributed by atoms with Gasteiger partial charge in [-0.15, -0.1) is 0 Å². The first-order chi connectivity index (χ1) is 11.4. The minimum Gasteiger partial charge on any atom is -0.348 e. The molecule has 3 rings (SSSR count). The number of rotatable bonds is 6. The molecular formula is C18H20N2O3S. The largest absolute Gasteiger partial charge is 0.348 e. The number of nitrogens with one attached hydrogen (secondary N) is 1. The maximum absolute atomic E-state index is 12.5. The second-order valence-electron chi connectivity index (χ2n) is 6.12. The molecule has 126 valence electrons. The Labute approximate surface area is 141 Å². The van der Waals surface area contributed by atoms with E-state index in [2.05, 4.69) is 5.32 Å². The van der Waals surface area contributed by atoms with Crippen molar-refractivity contribution in [1.82, 2.24) is 5.32 Å². The molecular weight excluding hydrogens is 324 g/mol. The summed E-state index contributed by atoms with van der Waals surface area (Å²) in [4.78, 5) is 12.5. The summed E-state index contributed by atoms with van der Waals surface area (Å²) >= 11 is 0. The fourth-order valence-electron chi connectivity index (χ4n) is 2.81. The van der Waals surface area contributed by atoms with E-state index in [0.717, 1.165) is 24.0 Å². The van der Waals surface area contributed by atoms with E-state index in [1.54, 1.807) is 18.2 Å². The van der Waals surface area contributed by atoms with Crippen LogP contribution in [0.25, 0.3) is 0 Å². The van der Waals surface area contributed by atoms with Crippen LogP contribution >= 0.6 is 0 Å². The minimum absolute atomic E-state index is 0.136. The van der Waals surface area contributed by atoms with Crippen molar-refractivity contribution in [2.45, 2.75) is 31.1 Å². The lowest BCUT2D eigenvalue weighted by atomic mass is 10.0. The molecule has 6 heteroatoms. The number of benzene rings is 2. The smallest absolute Gasteiger partial charge is 0.251 e. The number of carbonyl (C=O) groups excluding carboxylic acids is 1. The Hall–Kier alpha value is -2.18. The van der Waals surface area contributed by atoms with Gasteiger partial charge in [-0.25, -0.2) is 13.6 Å². The molecule has 0 spiro atoms. The van der Waals surface area contributed by atoms with Crippen molar-refractivity contribution >= 4 is 15.9 Å². The Morgan fingerprint density at radius 2 is 1.67 bits per heavy atom. The number of hydrogen-bond acceptors (Lipinski definition) is 3. The Bertz CT molecular complexity index is 858. The lowest BCUT2D eigenvalue weighted by Gasteiger charge is -2.12. The second kappa shape index (κ2) is 6.75. The summed E-state index contributed by atoms with van der Waals surface area (Å²) in [5, 5.41) is 8.02. The molecule has 0 atom stereocenters. The number of carbonyl (C=O) groups is 1. The molecule has 0 unspecified atom stereocenters. The van der Waals surface area contributed by atoms with Crippen LogP contribution in [0.15, 0.2) is 48.5 Å². The van der Waals surface area contributed by atoms with Gasteiger partial charge in [0, 0.05) is 12.1 Å². The lowest BCUT2D eigenvalue weighted by molar-refractivity contribution is 0.0950. The molecule has 1 aliphatic carbocycles. The average Bonchev–Trinajstić information content (AvgIpc) is 3.37. The lowest BCUT2D eigenvalue weighted by Crippen LogP contribution is -2.25. The van der Waals surface area contributed by atoms with Crippen LogP contribution in [-0.2, 0) is 22.3 Å². The number of amides is 1. The van der Waals surface area contributed by atoms with Gasteiger partial charge in [-0.1, -0.05) is 42.5 Å². The average molecular weight is 344 g/mol. The van der Waals surface area contributed by atoms with Gasteiger partial charge in [-0.3, -0.25) is 4.79 Å². The van der Waals surface area contributed by atoms with E-state index in [-0.39, 0.29) is 18.2 Å². The van der Waals surface area contributed by atoms with Gasteiger partial charge in [-0.05, 0) is 41.5 Å². The van der Waals surface area contributed by atoms with Crippen molar-refractivity contribution in [2.75, 3.05) is 0 Å². The van der Waals surface area contributed by atoms with Crippen LogP contribution in [-0.4, -0.2) is 14.3 Å². The van der Waals surface area contributed by atoms with E-state index in [1.165, 1.54) is 0 Å². The molecule has 0 bridgehead atoms. The highest BCUT2D eigenvalue weighted by Gasteiger charge is 2.27. The van der Waals surface area contributed by atoms with E-state index in [0.29, 0.717) is 17.0 Å². The summed E-state index contributed by atoms with van der Waals surface area (Å²) in [5.41, 5.74) is 3.15. The fourth-order valence-corrected chi connectivity index (χ4v) is 3.53. The molecule has 5 nitrogen and oxygen atoms in total. The molecule has 1 amide bonds. The molecule has 2 aromatic rings. The van der Waals surface area contributed by atoms with Gasteiger partial charge in [0.15, 0.2) is 0 Å². The highest BCUT2D eigenvalue weighted by molar-refractivity contribution is 7.88. The van der Waals surface area contributed by atoms with Crippen LogP contribution in [0, 0.1) is 0 Å². The standard InChI is InChI=1S/C18H20N2O3S/c19-24(22,23)12-15-6-2-1-5-14(15)11-20-18(21)17-8-4-3-7-16(17)13-9-10-13/h1-8,13H,9-12H2,(H,20,21)(H2,19,22,23). The molecule has 0 heterocycles. The Balaban J connectivity index is 1.74. The topological polar surface area (TPSA) is 89.3 Å². The van der Waals surface area contributed by atoms with Gasteiger partial charge in [0.05, 0.1) is 5.75 Å². The van der Waals surface area contributed by atoms with Crippen LogP contribution in [0.2, 0.25) is 0 Å². The summed E-state index contributed by atoms with van der Waals surface area (Å²) in [6, 6.07) is 14.7. The molecule has 1 fully saturated rings. The molecule has 1 aliphatic rings. The third kappa shape index (κ3) is 4.21. The van der Waals surface area contributed by atoms with E-state index in [1.807, 2.05) is 30.3 Å². The van der Waals surface area contributed by atoms with Gasteiger partial charge >= 0.3 is 0 Å². The third-order valence-electron chi connectivity index (χ3n) is 4.14. The number of primary sulfonamides is 1. The van der Waals surface area contributed by atoms with Crippen LogP contribution in [0.3, 0.4) is 0 Å². The molecule has 24 heavy (non-hydrogen) atoms. The van der Waals surface area contributed by atoms with Crippen molar-refractivity contribution in [3.05, 3.63) is 70.8 Å². The van der Waals surface area contributed by atoms with Crippen molar-refractivity contribution in [3.8, 4) is 0 Å². The highest BCUT2D eigenvalue weighted by atomic mass is 32.2. The van der Waals surface area contributed by atoms with Gasteiger partial charge < -0.3 is 5.32 Å². The maximum Gasteiger partial charge on any atom is 0.251 e. The quantitative estimate of drug-likeness (QED) is 0.842.